The molecule has 0 N–H and O–H groups in total. The molecule has 0 spiro atoms. The fraction of sp³-hybridized carbons (Fsp3) is 0.0667. The minimum Gasteiger partial charge on any atom is -0.321 e. The molecule has 0 radical (unpaired) electrons. The predicted octanol–water partition coefficient (Wildman–Crippen LogP) is 3.18. The Morgan fingerprint density at radius 2 is 1.89 bits per heavy atom. The first-order valence-corrected chi connectivity index (χ1v) is 5.88. The zero-order valence-electron chi connectivity index (χ0n) is 9.85. The Morgan fingerprint density at radius 1 is 1.00 bits per heavy atom. The van der Waals surface area contributed by atoms with Gasteiger partial charge in [0.15, 0.2) is 6.17 Å². The summed E-state index contributed by atoms with van der Waals surface area (Å²) in [6.45, 7) is 0. The number of rotatable bonds is 2. The fourth-order valence-electron chi connectivity index (χ4n) is 2.02. The van der Waals surface area contributed by atoms with Crippen molar-refractivity contribution in [3.8, 4) is 0 Å². The molecule has 1 aliphatic heterocycles. The summed E-state index contributed by atoms with van der Waals surface area (Å²) in [6.07, 6.45) is 9.42. The Bertz CT molecular complexity index is 507. The normalized spacial score (nSPS) is 18.0. The summed E-state index contributed by atoms with van der Waals surface area (Å²) in [5.74, 6) is 0. The minimum absolute atomic E-state index is 0.0360. The first-order valence-electron chi connectivity index (χ1n) is 5.88. The molecular formula is C15H13N3. The average Bonchev–Trinajstić information content (AvgIpc) is 2.49. The van der Waals surface area contributed by atoms with Gasteiger partial charge >= 0.3 is 0 Å². The quantitative estimate of drug-likeness (QED) is 0.799. The Hall–Kier alpha value is -2.42. The van der Waals surface area contributed by atoms with Crippen LogP contribution in [0.5, 0.6) is 0 Å². The van der Waals surface area contributed by atoms with Gasteiger partial charge in [0.1, 0.15) is 0 Å². The number of nitrogens with zero attached hydrogens (tertiary/aromatic N) is 3. The molecule has 3 nitrogen and oxygen atoms in total. The van der Waals surface area contributed by atoms with Gasteiger partial charge in [-0.2, -0.15) is 0 Å². The van der Waals surface area contributed by atoms with E-state index in [2.05, 4.69) is 27.0 Å². The van der Waals surface area contributed by atoms with E-state index < -0.39 is 0 Å². The van der Waals surface area contributed by atoms with Gasteiger partial charge < -0.3 is 4.90 Å². The molecule has 1 aromatic heterocycles. The van der Waals surface area contributed by atoms with Crippen molar-refractivity contribution in [2.75, 3.05) is 4.90 Å². The zero-order valence-corrected chi connectivity index (χ0v) is 9.85. The molecule has 0 saturated heterocycles. The molecule has 0 aliphatic carbocycles. The van der Waals surface area contributed by atoms with Crippen molar-refractivity contribution in [2.24, 2.45) is 4.99 Å². The van der Waals surface area contributed by atoms with Crippen molar-refractivity contribution in [2.45, 2.75) is 6.17 Å². The van der Waals surface area contributed by atoms with Gasteiger partial charge in [-0.05, 0) is 24.3 Å². The number of pyridine rings is 1. The van der Waals surface area contributed by atoms with Gasteiger partial charge in [0, 0.05) is 36.1 Å². The lowest BCUT2D eigenvalue weighted by Crippen LogP contribution is -2.23. The molecule has 2 heterocycles. The van der Waals surface area contributed by atoms with Crippen LogP contribution in [-0.2, 0) is 0 Å². The van der Waals surface area contributed by atoms with Gasteiger partial charge in [-0.15, -0.1) is 0 Å². The molecule has 1 atom stereocenters. The zero-order chi connectivity index (χ0) is 12.2. The number of para-hydroxylation sites is 1. The summed E-state index contributed by atoms with van der Waals surface area (Å²) >= 11 is 0. The van der Waals surface area contributed by atoms with E-state index in [0.717, 1.165) is 11.3 Å². The number of hydrogen-bond donors (Lipinski definition) is 0. The first kappa shape index (κ1) is 10.7. The number of benzene rings is 1. The number of anilines is 1. The number of aliphatic imine (C=N–C) groups is 1. The molecule has 1 aromatic carbocycles. The maximum Gasteiger partial charge on any atom is 0.152 e. The van der Waals surface area contributed by atoms with Crippen LogP contribution in [0.2, 0.25) is 0 Å². The Balaban J connectivity index is 1.98. The number of allylic oxidation sites excluding steroid dienone is 1. The van der Waals surface area contributed by atoms with Crippen molar-refractivity contribution < 1.29 is 0 Å². The molecule has 0 amide bonds. The Morgan fingerprint density at radius 3 is 2.67 bits per heavy atom. The SMILES string of the molecule is C1=CN(c2ccccc2)C(c2cccnc2)N=C1. The second-order valence-electron chi connectivity index (χ2n) is 4.04. The maximum absolute atomic E-state index is 4.53. The van der Waals surface area contributed by atoms with Crippen LogP contribution in [0.3, 0.4) is 0 Å². The highest BCUT2D eigenvalue weighted by atomic mass is 15.2. The van der Waals surface area contributed by atoms with Crippen LogP contribution < -0.4 is 4.90 Å². The van der Waals surface area contributed by atoms with Crippen LogP contribution in [0.15, 0.2) is 72.1 Å². The van der Waals surface area contributed by atoms with Gasteiger partial charge in [0.2, 0.25) is 0 Å². The monoisotopic (exact) mass is 235 g/mol. The molecule has 1 unspecified atom stereocenters. The third-order valence-corrected chi connectivity index (χ3v) is 2.86. The standard InChI is InChI=1S/C15H13N3/c1-2-7-14(8-3-1)18-11-5-10-17-15(18)13-6-4-9-16-12-13/h1-12,15H. The van der Waals surface area contributed by atoms with Crippen LogP contribution >= 0.6 is 0 Å². The Kier molecular flexibility index (Phi) is 2.88. The summed E-state index contributed by atoms with van der Waals surface area (Å²) in [7, 11) is 0. The van der Waals surface area contributed by atoms with Gasteiger partial charge in [0.25, 0.3) is 0 Å². The molecular weight excluding hydrogens is 222 g/mol. The molecule has 0 saturated carbocycles. The van der Waals surface area contributed by atoms with Crippen LogP contribution in [0.1, 0.15) is 11.7 Å². The highest BCUT2D eigenvalue weighted by Crippen LogP contribution is 2.29. The lowest BCUT2D eigenvalue weighted by atomic mass is 10.1. The fourth-order valence-corrected chi connectivity index (χ4v) is 2.02. The number of hydrogen-bond acceptors (Lipinski definition) is 3. The third kappa shape index (κ3) is 2.02. The highest BCUT2D eigenvalue weighted by molar-refractivity contribution is 5.75. The van der Waals surface area contributed by atoms with E-state index in [1.165, 1.54) is 0 Å². The molecule has 0 bridgehead atoms. The highest BCUT2D eigenvalue weighted by Gasteiger charge is 2.19. The molecule has 1 aliphatic rings. The summed E-state index contributed by atoms with van der Waals surface area (Å²) in [6, 6.07) is 14.2. The smallest absolute Gasteiger partial charge is 0.152 e. The van der Waals surface area contributed by atoms with E-state index in [1.807, 2.05) is 55.0 Å². The van der Waals surface area contributed by atoms with Crippen LogP contribution in [-0.4, -0.2) is 11.2 Å². The van der Waals surface area contributed by atoms with Crippen molar-refractivity contribution in [3.05, 3.63) is 72.7 Å². The molecule has 3 rings (SSSR count). The third-order valence-electron chi connectivity index (χ3n) is 2.86. The van der Waals surface area contributed by atoms with Crippen LogP contribution in [0.4, 0.5) is 5.69 Å². The summed E-state index contributed by atoms with van der Waals surface area (Å²) < 4.78 is 0. The van der Waals surface area contributed by atoms with Crippen molar-refractivity contribution in [1.29, 1.82) is 0 Å². The van der Waals surface area contributed by atoms with E-state index in [1.54, 1.807) is 6.20 Å². The minimum atomic E-state index is -0.0360. The van der Waals surface area contributed by atoms with Crippen molar-refractivity contribution >= 4 is 11.9 Å². The molecule has 18 heavy (non-hydrogen) atoms. The summed E-state index contributed by atoms with van der Waals surface area (Å²) in [5, 5.41) is 0. The predicted molar refractivity (Wildman–Crippen MR) is 73.5 cm³/mol. The molecule has 2 aromatic rings. The van der Waals surface area contributed by atoms with E-state index in [4.69, 9.17) is 0 Å². The maximum atomic E-state index is 4.53. The first-order chi connectivity index (χ1) is 8.95. The van der Waals surface area contributed by atoms with Crippen LogP contribution in [0.25, 0.3) is 0 Å². The van der Waals surface area contributed by atoms with Gasteiger partial charge in [-0.1, -0.05) is 24.3 Å². The summed E-state index contributed by atoms with van der Waals surface area (Å²) in [5.41, 5.74) is 2.21. The second-order valence-corrected chi connectivity index (χ2v) is 4.04. The van der Waals surface area contributed by atoms with Crippen LogP contribution in [0, 0.1) is 0 Å². The lowest BCUT2D eigenvalue weighted by molar-refractivity contribution is 0.726. The van der Waals surface area contributed by atoms with E-state index in [0.29, 0.717) is 0 Å². The van der Waals surface area contributed by atoms with Gasteiger partial charge in [0.05, 0.1) is 0 Å². The van der Waals surface area contributed by atoms with E-state index >= 15 is 0 Å². The van der Waals surface area contributed by atoms with E-state index in [9.17, 15) is 0 Å². The second kappa shape index (κ2) is 4.84. The molecule has 0 fully saturated rings. The molecule has 3 heteroatoms. The Labute approximate surface area is 106 Å². The van der Waals surface area contributed by atoms with Crippen molar-refractivity contribution in [3.63, 3.8) is 0 Å². The topological polar surface area (TPSA) is 28.5 Å². The largest absolute Gasteiger partial charge is 0.321 e. The van der Waals surface area contributed by atoms with E-state index in [-0.39, 0.29) is 6.17 Å². The lowest BCUT2D eigenvalue weighted by Gasteiger charge is -2.29. The van der Waals surface area contributed by atoms with Crippen molar-refractivity contribution in [1.82, 2.24) is 4.98 Å². The molecule has 88 valence electrons. The van der Waals surface area contributed by atoms with Gasteiger partial charge in [-0.25, -0.2) is 0 Å². The van der Waals surface area contributed by atoms with Gasteiger partial charge in [-0.3, -0.25) is 9.98 Å². The average molecular weight is 235 g/mol. The number of aromatic nitrogens is 1. The summed E-state index contributed by atoms with van der Waals surface area (Å²) in [4.78, 5) is 10.8.